The summed E-state index contributed by atoms with van der Waals surface area (Å²) in [6, 6.07) is 6.82. The number of amides is 1. The molecule has 1 aromatic heterocycles. The van der Waals surface area contributed by atoms with Crippen LogP contribution >= 0.6 is 23.2 Å². The molecule has 1 unspecified atom stereocenters. The minimum absolute atomic E-state index is 0.186. The second-order valence-electron chi connectivity index (χ2n) is 5.65. The summed E-state index contributed by atoms with van der Waals surface area (Å²) in [4.78, 5) is 14.1. The van der Waals surface area contributed by atoms with Crippen molar-refractivity contribution < 1.29 is 9.32 Å². The number of rotatable bonds is 4. The number of halogens is 2. The van der Waals surface area contributed by atoms with E-state index in [9.17, 15) is 4.79 Å². The van der Waals surface area contributed by atoms with Crippen molar-refractivity contribution in [1.29, 1.82) is 0 Å². The van der Waals surface area contributed by atoms with Gasteiger partial charge in [0.05, 0.1) is 6.04 Å². The molecule has 1 saturated carbocycles. The van der Waals surface area contributed by atoms with Crippen LogP contribution in [0, 0.1) is 0 Å². The maximum atomic E-state index is 12.5. The Hall–Kier alpha value is -1.52. The molecule has 2 aromatic rings. The Balaban J connectivity index is 1.78. The van der Waals surface area contributed by atoms with Crippen LogP contribution in [0.25, 0.3) is 0 Å². The van der Waals surface area contributed by atoms with Gasteiger partial charge in [0.25, 0.3) is 5.91 Å². The first kappa shape index (κ1) is 15.4. The molecule has 1 heterocycles. The van der Waals surface area contributed by atoms with E-state index in [2.05, 4.69) is 5.16 Å². The van der Waals surface area contributed by atoms with E-state index in [1.54, 1.807) is 30.1 Å². The SMILES string of the molecule is CC(c1ccc(Cl)cc1Cl)N(C)C(=O)c1cc(C2CC2)on1. The van der Waals surface area contributed by atoms with E-state index in [-0.39, 0.29) is 11.9 Å². The molecule has 1 aliphatic carbocycles. The Kier molecular flexibility index (Phi) is 4.15. The fourth-order valence-electron chi connectivity index (χ4n) is 2.36. The Morgan fingerprint density at radius 3 is 2.73 bits per heavy atom. The quantitative estimate of drug-likeness (QED) is 0.812. The van der Waals surface area contributed by atoms with Crippen molar-refractivity contribution in [3.05, 3.63) is 51.3 Å². The lowest BCUT2D eigenvalue weighted by Crippen LogP contribution is -2.30. The van der Waals surface area contributed by atoms with Crippen LogP contribution in [-0.2, 0) is 0 Å². The second-order valence-corrected chi connectivity index (χ2v) is 6.49. The predicted octanol–water partition coefficient (Wildman–Crippen LogP) is 4.69. The van der Waals surface area contributed by atoms with Crippen LogP contribution in [0.15, 0.2) is 28.8 Å². The third-order valence-electron chi connectivity index (χ3n) is 4.04. The van der Waals surface area contributed by atoms with Gasteiger partial charge in [-0.3, -0.25) is 4.79 Å². The van der Waals surface area contributed by atoms with Gasteiger partial charge in [0.15, 0.2) is 5.69 Å². The Morgan fingerprint density at radius 1 is 1.36 bits per heavy atom. The first-order valence-electron chi connectivity index (χ1n) is 7.16. The van der Waals surface area contributed by atoms with Crippen LogP contribution < -0.4 is 0 Å². The summed E-state index contributed by atoms with van der Waals surface area (Å²) >= 11 is 12.1. The smallest absolute Gasteiger partial charge is 0.276 e. The zero-order valence-electron chi connectivity index (χ0n) is 12.3. The van der Waals surface area contributed by atoms with Crippen molar-refractivity contribution >= 4 is 29.1 Å². The molecule has 6 heteroatoms. The molecule has 1 aromatic carbocycles. The van der Waals surface area contributed by atoms with E-state index in [1.807, 2.05) is 13.0 Å². The average Bonchev–Trinajstić information content (AvgIpc) is 3.22. The summed E-state index contributed by atoms with van der Waals surface area (Å²) in [6.07, 6.45) is 2.21. The van der Waals surface area contributed by atoms with Crippen molar-refractivity contribution in [2.24, 2.45) is 0 Å². The first-order chi connectivity index (χ1) is 10.5. The third-order valence-corrected chi connectivity index (χ3v) is 4.60. The van der Waals surface area contributed by atoms with Crippen molar-refractivity contribution in [2.45, 2.75) is 31.7 Å². The van der Waals surface area contributed by atoms with Crippen LogP contribution in [0.3, 0.4) is 0 Å². The lowest BCUT2D eigenvalue weighted by Gasteiger charge is -2.25. The van der Waals surface area contributed by atoms with Crippen LogP contribution in [0.5, 0.6) is 0 Å². The van der Waals surface area contributed by atoms with E-state index in [1.165, 1.54) is 0 Å². The molecule has 22 heavy (non-hydrogen) atoms. The molecule has 0 N–H and O–H groups in total. The van der Waals surface area contributed by atoms with Gasteiger partial charge in [-0.05, 0) is 37.5 Å². The monoisotopic (exact) mass is 338 g/mol. The van der Waals surface area contributed by atoms with Gasteiger partial charge >= 0.3 is 0 Å². The van der Waals surface area contributed by atoms with Gasteiger partial charge in [-0.1, -0.05) is 34.4 Å². The zero-order valence-corrected chi connectivity index (χ0v) is 13.9. The number of carbonyl (C=O) groups excluding carboxylic acids is 1. The van der Waals surface area contributed by atoms with Crippen molar-refractivity contribution in [2.75, 3.05) is 7.05 Å². The summed E-state index contributed by atoms with van der Waals surface area (Å²) in [7, 11) is 1.73. The van der Waals surface area contributed by atoms with E-state index >= 15 is 0 Å². The lowest BCUT2D eigenvalue weighted by molar-refractivity contribution is 0.0732. The summed E-state index contributed by atoms with van der Waals surface area (Å²) in [5.41, 5.74) is 1.18. The summed E-state index contributed by atoms with van der Waals surface area (Å²) in [5.74, 6) is 1.05. The number of hydrogen-bond donors (Lipinski definition) is 0. The van der Waals surface area contributed by atoms with Crippen LogP contribution in [0.1, 0.15) is 53.5 Å². The zero-order chi connectivity index (χ0) is 15.9. The molecule has 3 rings (SSSR count). The number of hydrogen-bond acceptors (Lipinski definition) is 3. The first-order valence-corrected chi connectivity index (χ1v) is 7.91. The predicted molar refractivity (Wildman–Crippen MR) is 85.4 cm³/mol. The summed E-state index contributed by atoms with van der Waals surface area (Å²) in [6.45, 7) is 1.91. The maximum Gasteiger partial charge on any atom is 0.276 e. The highest BCUT2D eigenvalue weighted by molar-refractivity contribution is 6.35. The minimum Gasteiger partial charge on any atom is -0.360 e. The Morgan fingerprint density at radius 2 is 2.09 bits per heavy atom. The van der Waals surface area contributed by atoms with Crippen LogP contribution in [0.4, 0.5) is 0 Å². The molecular weight excluding hydrogens is 323 g/mol. The minimum atomic E-state index is -0.196. The molecule has 1 aliphatic rings. The third kappa shape index (κ3) is 2.99. The van der Waals surface area contributed by atoms with Gasteiger partial charge in [-0.2, -0.15) is 0 Å². The Labute approximate surface area is 139 Å². The van der Waals surface area contributed by atoms with Gasteiger partial charge < -0.3 is 9.42 Å². The molecule has 0 spiro atoms. The second kappa shape index (κ2) is 5.94. The molecule has 1 atom stereocenters. The van der Waals surface area contributed by atoms with E-state index < -0.39 is 0 Å². The molecule has 1 amide bonds. The molecule has 0 bridgehead atoms. The summed E-state index contributed by atoms with van der Waals surface area (Å²) in [5, 5.41) is 5.00. The summed E-state index contributed by atoms with van der Waals surface area (Å²) < 4.78 is 5.24. The highest BCUT2D eigenvalue weighted by Crippen LogP contribution is 2.40. The lowest BCUT2D eigenvalue weighted by atomic mass is 10.1. The Bertz CT molecular complexity index is 710. The average molecular weight is 339 g/mol. The highest BCUT2D eigenvalue weighted by Gasteiger charge is 2.30. The normalized spacial score (nSPS) is 15.6. The van der Waals surface area contributed by atoms with Gasteiger partial charge in [0.2, 0.25) is 0 Å². The van der Waals surface area contributed by atoms with E-state index in [4.69, 9.17) is 27.7 Å². The van der Waals surface area contributed by atoms with Gasteiger partial charge in [0.1, 0.15) is 5.76 Å². The number of carbonyl (C=O) groups is 1. The van der Waals surface area contributed by atoms with Crippen molar-refractivity contribution in [3.63, 3.8) is 0 Å². The number of benzene rings is 1. The topological polar surface area (TPSA) is 46.3 Å². The molecule has 4 nitrogen and oxygen atoms in total. The molecular formula is C16H16Cl2N2O2. The maximum absolute atomic E-state index is 12.5. The number of nitrogens with zero attached hydrogens (tertiary/aromatic N) is 2. The molecule has 0 radical (unpaired) electrons. The van der Waals surface area contributed by atoms with Crippen LogP contribution in [-0.4, -0.2) is 23.0 Å². The standard InChI is InChI=1S/C16H16Cl2N2O2/c1-9(12-6-5-11(17)7-13(12)18)20(2)16(21)14-8-15(22-19-14)10-3-4-10/h5-10H,3-4H2,1-2H3. The van der Waals surface area contributed by atoms with Crippen molar-refractivity contribution in [3.8, 4) is 0 Å². The van der Waals surface area contributed by atoms with Crippen molar-refractivity contribution in [1.82, 2.24) is 10.1 Å². The molecule has 0 saturated heterocycles. The molecule has 116 valence electrons. The van der Waals surface area contributed by atoms with Gasteiger partial charge in [-0.25, -0.2) is 0 Å². The van der Waals surface area contributed by atoms with E-state index in [0.29, 0.717) is 21.7 Å². The van der Waals surface area contributed by atoms with Crippen LogP contribution in [0.2, 0.25) is 10.0 Å². The van der Waals surface area contributed by atoms with Gasteiger partial charge in [0, 0.05) is 29.1 Å². The fourth-order valence-corrected chi connectivity index (χ4v) is 2.92. The van der Waals surface area contributed by atoms with E-state index in [0.717, 1.165) is 24.2 Å². The molecule has 0 aliphatic heterocycles. The highest BCUT2D eigenvalue weighted by atomic mass is 35.5. The fraction of sp³-hybridized carbons (Fsp3) is 0.375. The number of aromatic nitrogens is 1. The largest absolute Gasteiger partial charge is 0.360 e. The molecule has 1 fully saturated rings. The van der Waals surface area contributed by atoms with Gasteiger partial charge in [-0.15, -0.1) is 0 Å².